The highest BCUT2D eigenvalue weighted by Gasteiger charge is 2.02. The first-order valence-electron chi connectivity index (χ1n) is 4.80. The summed E-state index contributed by atoms with van der Waals surface area (Å²) in [5.41, 5.74) is 0. The number of aliphatic hydroxyl groups excluding tert-OH is 1. The van der Waals surface area contributed by atoms with Gasteiger partial charge in [0.1, 0.15) is 6.23 Å². The van der Waals surface area contributed by atoms with Crippen LogP contribution in [0.3, 0.4) is 0 Å². The minimum absolute atomic E-state index is 0.380. The van der Waals surface area contributed by atoms with Gasteiger partial charge in [0.25, 0.3) is 0 Å². The first kappa shape index (κ1) is 14.4. The van der Waals surface area contributed by atoms with Gasteiger partial charge in [-0.15, -0.1) is 0 Å². The third kappa shape index (κ3) is 9.88. The SMILES string of the molecule is CC.CCNC(O)CN(C)CC. The van der Waals surface area contributed by atoms with Crippen LogP contribution in [-0.2, 0) is 0 Å². The average molecular weight is 176 g/mol. The molecular weight excluding hydrogens is 152 g/mol. The van der Waals surface area contributed by atoms with Crippen LogP contribution in [0, 0.1) is 0 Å². The standard InChI is InChI=1S/C7H18N2O.C2H6/c1-4-8-7(10)6-9(3)5-2;1-2/h7-8,10H,4-6H2,1-3H3;1-2H3. The first-order valence-corrected chi connectivity index (χ1v) is 4.80. The molecule has 0 aliphatic rings. The van der Waals surface area contributed by atoms with Crippen LogP contribution in [0.15, 0.2) is 0 Å². The second kappa shape index (κ2) is 10.9. The van der Waals surface area contributed by atoms with Crippen molar-refractivity contribution in [1.82, 2.24) is 10.2 Å². The Bertz CT molecular complexity index is 78.9. The Morgan fingerprint density at radius 2 is 1.83 bits per heavy atom. The van der Waals surface area contributed by atoms with Gasteiger partial charge in [0, 0.05) is 6.54 Å². The Hall–Kier alpha value is -0.120. The van der Waals surface area contributed by atoms with Gasteiger partial charge in [0.15, 0.2) is 0 Å². The van der Waals surface area contributed by atoms with E-state index in [9.17, 15) is 5.11 Å². The Morgan fingerprint density at radius 3 is 2.17 bits per heavy atom. The van der Waals surface area contributed by atoms with Crippen LogP contribution in [0.2, 0.25) is 0 Å². The summed E-state index contributed by atoms with van der Waals surface area (Å²) in [6.07, 6.45) is -0.380. The zero-order valence-electron chi connectivity index (χ0n) is 9.09. The molecule has 0 aromatic heterocycles. The van der Waals surface area contributed by atoms with Gasteiger partial charge >= 0.3 is 0 Å². The summed E-state index contributed by atoms with van der Waals surface area (Å²) in [6.45, 7) is 10.5. The average Bonchev–Trinajstić information content (AvgIpc) is 2.08. The van der Waals surface area contributed by atoms with E-state index in [0.717, 1.165) is 13.1 Å². The summed E-state index contributed by atoms with van der Waals surface area (Å²) < 4.78 is 0. The summed E-state index contributed by atoms with van der Waals surface area (Å²) in [4.78, 5) is 2.06. The van der Waals surface area contributed by atoms with Gasteiger partial charge in [-0.2, -0.15) is 0 Å². The second-order valence-corrected chi connectivity index (χ2v) is 2.43. The van der Waals surface area contributed by atoms with Crippen molar-refractivity contribution >= 4 is 0 Å². The van der Waals surface area contributed by atoms with Crippen molar-refractivity contribution in [2.45, 2.75) is 33.9 Å². The zero-order chi connectivity index (χ0) is 9.98. The minimum Gasteiger partial charge on any atom is -0.377 e. The van der Waals surface area contributed by atoms with Crippen LogP contribution in [0.4, 0.5) is 0 Å². The van der Waals surface area contributed by atoms with Gasteiger partial charge in [0.05, 0.1) is 0 Å². The molecule has 3 nitrogen and oxygen atoms in total. The van der Waals surface area contributed by atoms with Gasteiger partial charge < -0.3 is 10.0 Å². The number of rotatable bonds is 5. The van der Waals surface area contributed by atoms with Crippen molar-refractivity contribution in [3.63, 3.8) is 0 Å². The highest BCUT2D eigenvalue weighted by Crippen LogP contribution is 1.83. The molecule has 0 radical (unpaired) electrons. The molecule has 3 heteroatoms. The molecule has 12 heavy (non-hydrogen) atoms. The third-order valence-corrected chi connectivity index (χ3v) is 1.46. The van der Waals surface area contributed by atoms with Gasteiger partial charge in [-0.25, -0.2) is 0 Å². The van der Waals surface area contributed by atoms with Crippen LogP contribution in [0.1, 0.15) is 27.7 Å². The minimum atomic E-state index is -0.380. The predicted octanol–water partition coefficient (Wildman–Crippen LogP) is 0.892. The van der Waals surface area contributed by atoms with Crippen LogP contribution in [0.25, 0.3) is 0 Å². The van der Waals surface area contributed by atoms with Crippen molar-refractivity contribution in [1.29, 1.82) is 0 Å². The maximum Gasteiger partial charge on any atom is 0.117 e. The number of hydrogen-bond donors (Lipinski definition) is 2. The van der Waals surface area contributed by atoms with E-state index in [1.165, 1.54) is 0 Å². The maximum absolute atomic E-state index is 9.20. The molecule has 0 saturated heterocycles. The van der Waals surface area contributed by atoms with E-state index in [0.29, 0.717) is 6.54 Å². The summed E-state index contributed by atoms with van der Waals surface area (Å²) in [5.74, 6) is 0. The molecule has 0 rings (SSSR count). The van der Waals surface area contributed by atoms with E-state index < -0.39 is 0 Å². The normalized spacial score (nSPS) is 12.2. The highest BCUT2D eigenvalue weighted by atomic mass is 16.3. The Morgan fingerprint density at radius 1 is 1.33 bits per heavy atom. The van der Waals surface area contributed by atoms with E-state index in [-0.39, 0.29) is 6.23 Å². The molecule has 0 aromatic rings. The monoisotopic (exact) mass is 176 g/mol. The van der Waals surface area contributed by atoms with Crippen molar-refractivity contribution in [3.05, 3.63) is 0 Å². The number of likely N-dealkylation sites (N-methyl/N-ethyl adjacent to an activating group) is 2. The molecule has 0 heterocycles. The Labute approximate surface area is 76.8 Å². The molecule has 1 unspecified atom stereocenters. The highest BCUT2D eigenvalue weighted by molar-refractivity contribution is 4.55. The number of nitrogens with zero attached hydrogens (tertiary/aromatic N) is 1. The van der Waals surface area contributed by atoms with Gasteiger partial charge in [-0.1, -0.05) is 27.7 Å². The van der Waals surface area contributed by atoms with E-state index in [2.05, 4.69) is 17.1 Å². The molecule has 0 aliphatic carbocycles. The molecule has 0 aromatic carbocycles. The largest absolute Gasteiger partial charge is 0.377 e. The summed E-state index contributed by atoms with van der Waals surface area (Å²) in [6, 6.07) is 0. The lowest BCUT2D eigenvalue weighted by Gasteiger charge is -2.18. The quantitative estimate of drug-likeness (QED) is 0.611. The van der Waals surface area contributed by atoms with Crippen molar-refractivity contribution in [2.75, 3.05) is 26.7 Å². The lowest BCUT2D eigenvalue weighted by atomic mass is 10.4. The van der Waals surface area contributed by atoms with E-state index in [4.69, 9.17) is 0 Å². The molecule has 76 valence electrons. The number of aliphatic hydroxyl groups is 1. The van der Waals surface area contributed by atoms with Gasteiger partial charge in [0.2, 0.25) is 0 Å². The van der Waals surface area contributed by atoms with E-state index >= 15 is 0 Å². The van der Waals surface area contributed by atoms with Crippen LogP contribution in [-0.4, -0.2) is 42.9 Å². The molecule has 0 saturated carbocycles. The zero-order valence-corrected chi connectivity index (χ0v) is 9.09. The summed E-state index contributed by atoms with van der Waals surface area (Å²) in [7, 11) is 1.99. The van der Waals surface area contributed by atoms with E-state index in [1.54, 1.807) is 0 Å². The van der Waals surface area contributed by atoms with Crippen molar-refractivity contribution < 1.29 is 5.11 Å². The number of hydrogen-bond acceptors (Lipinski definition) is 3. The van der Waals surface area contributed by atoms with Crippen LogP contribution >= 0.6 is 0 Å². The smallest absolute Gasteiger partial charge is 0.117 e. The fourth-order valence-electron chi connectivity index (χ4n) is 0.724. The third-order valence-electron chi connectivity index (χ3n) is 1.46. The van der Waals surface area contributed by atoms with E-state index in [1.807, 2.05) is 27.8 Å². The lowest BCUT2D eigenvalue weighted by Crippen LogP contribution is -2.39. The molecule has 1 atom stereocenters. The molecule has 0 amide bonds. The first-order chi connectivity index (χ1) is 5.70. The Balaban J connectivity index is 0. The molecule has 0 fully saturated rings. The molecule has 0 spiro atoms. The van der Waals surface area contributed by atoms with Crippen molar-refractivity contribution in [2.24, 2.45) is 0 Å². The lowest BCUT2D eigenvalue weighted by molar-refractivity contribution is 0.0995. The molecule has 0 bridgehead atoms. The fraction of sp³-hybridized carbons (Fsp3) is 1.00. The van der Waals surface area contributed by atoms with Crippen molar-refractivity contribution in [3.8, 4) is 0 Å². The second-order valence-electron chi connectivity index (χ2n) is 2.43. The topological polar surface area (TPSA) is 35.5 Å². The van der Waals surface area contributed by atoms with Crippen LogP contribution < -0.4 is 5.32 Å². The van der Waals surface area contributed by atoms with Gasteiger partial charge in [-0.3, -0.25) is 5.32 Å². The fourth-order valence-corrected chi connectivity index (χ4v) is 0.724. The Kier molecular flexibility index (Phi) is 13.1. The van der Waals surface area contributed by atoms with Crippen LogP contribution in [0.5, 0.6) is 0 Å². The van der Waals surface area contributed by atoms with Gasteiger partial charge in [-0.05, 0) is 20.1 Å². The maximum atomic E-state index is 9.20. The predicted molar refractivity (Wildman–Crippen MR) is 54.2 cm³/mol. The number of nitrogens with one attached hydrogen (secondary N) is 1. The molecule has 0 aliphatic heterocycles. The summed E-state index contributed by atoms with van der Waals surface area (Å²) >= 11 is 0. The summed E-state index contributed by atoms with van der Waals surface area (Å²) in [5, 5.41) is 12.1. The molecule has 2 N–H and O–H groups in total. The molecular formula is C9H24N2O.